The summed E-state index contributed by atoms with van der Waals surface area (Å²) in [6.45, 7) is 3.38. The number of benzene rings is 1. The van der Waals surface area contributed by atoms with Gasteiger partial charge in [-0.1, -0.05) is 6.07 Å². The number of hydrogen-bond acceptors (Lipinski definition) is 6. The number of alkyl halides is 3. The molecular formula is C21H21F3N6O4S. The van der Waals surface area contributed by atoms with E-state index in [0.29, 0.717) is 12.1 Å². The van der Waals surface area contributed by atoms with Crippen LogP contribution in [0.2, 0.25) is 0 Å². The first-order valence-corrected chi connectivity index (χ1v) is 11.8. The molecule has 35 heavy (non-hydrogen) atoms. The number of nitrogens with two attached hydrogens (primary N) is 1. The van der Waals surface area contributed by atoms with Crippen molar-refractivity contribution >= 4 is 21.6 Å². The van der Waals surface area contributed by atoms with E-state index in [-0.39, 0.29) is 39.6 Å². The Morgan fingerprint density at radius 3 is 2.80 bits per heavy atom. The number of urea groups is 1. The van der Waals surface area contributed by atoms with Gasteiger partial charge in [0.25, 0.3) is 0 Å². The highest BCUT2D eigenvalue weighted by Crippen LogP contribution is 2.40. The summed E-state index contributed by atoms with van der Waals surface area (Å²) in [5.74, 6) is 0.345. The molecule has 10 nitrogen and oxygen atoms in total. The molecule has 0 saturated heterocycles. The first kappa shape index (κ1) is 24.5. The molecule has 186 valence electrons. The van der Waals surface area contributed by atoms with Crippen molar-refractivity contribution in [3.63, 3.8) is 0 Å². The minimum absolute atomic E-state index is 0.0862. The second kappa shape index (κ2) is 8.85. The van der Waals surface area contributed by atoms with Gasteiger partial charge in [-0.05, 0) is 37.1 Å². The summed E-state index contributed by atoms with van der Waals surface area (Å²) in [6.07, 6.45) is -2.33. The zero-order valence-corrected chi connectivity index (χ0v) is 19.6. The second-order valence-corrected chi connectivity index (χ2v) is 9.52. The lowest BCUT2D eigenvalue weighted by Crippen LogP contribution is -2.19. The van der Waals surface area contributed by atoms with E-state index in [1.807, 2.05) is 0 Å². The van der Waals surface area contributed by atoms with Crippen LogP contribution in [0.5, 0.6) is 11.8 Å². The van der Waals surface area contributed by atoms with Crippen molar-refractivity contribution in [2.24, 2.45) is 9.50 Å². The molecule has 2 aromatic heterocycles. The number of ether oxygens (including phenoxy) is 2. The normalized spacial score (nSPS) is 16.7. The molecule has 0 spiro atoms. The van der Waals surface area contributed by atoms with Gasteiger partial charge in [0.2, 0.25) is 11.8 Å². The first-order valence-electron chi connectivity index (χ1n) is 10.2. The third-order valence-corrected chi connectivity index (χ3v) is 6.64. The van der Waals surface area contributed by atoms with Crippen LogP contribution in [-0.4, -0.2) is 38.2 Å². The van der Waals surface area contributed by atoms with Gasteiger partial charge in [-0.3, -0.25) is 0 Å². The predicted octanol–water partition coefficient (Wildman–Crippen LogP) is 3.99. The fourth-order valence-electron chi connectivity index (χ4n) is 3.69. The lowest BCUT2D eigenvalue weighted by atomic mass is 9.97. The molecule has 1 aromatic carbocycles. The molecule has 0 aliphatic carbocycles. The fraction of sp³-hybridized carbons (Fsp3) is 0.286. The molecule has 1 unspecified atom stereocenters. The van der Waals surface area contributed by atoms with Crippen molar-refractivity contribution in [3.05, 3.63) is 47.8 Å². The van der Waals surface area contributed by atoms with Gasteiger partial charge in [0, 0.05) is 17.8 Å². The van der Waals surface area contributed by atoms with Crippen molar-refractivity contribution in [2.45, 2.75) is 37.6 Å². The van der Waals surface area contributed by atoms with Crippen molar-refractivity contribution in [1.29, 1.82) is 0 Å². The quantitative estimate of drug-likeness (QED) is 0.545. The van der Waals surface area contributed by atoms with Gasteiger partial charge in [-0.2, -0.15) is 18.3 Å². The SMILES string of the molecule is COc1cc(-c2ccc(C(F)(F)F)c(C)c2NC(=O)N=S(N)(=O)c2cnn3c2O[C@@H](C)C3)ccn1. The van der Waals surface area contributed by atoms with Crippen LogP contribution in [0.15, 0.2) is 45.9 Å². The second-order valence-electron chi connectivity index (χ2n) is 7.76. The van der Waals surface area contributed by atoms with E-state index in [0.717, 1.165) is 6.07 Å². The number of rotatable bonds is 4. The van der Waals surface area contributed by atoms with Gasteiger partial charge in [0.05, 0.1) is 31.1 Å². The maximum absolute atomic E-state index is 13.6. The van der Waals surface area contributed by atoms with E-state index in [4.69, 9.17) is 14.6 Å². The number of halogens is 3. The van der Waals surface area contributed by atoms with Gasteiger partial charge in [0.1, 0.15) is 11.0 Å². The zero-order valence-electron chi connectivity index (χ0n) is 18.8. The monoisotopic (exact) mass is 510 g/mol. The minimum Gasteiger partial charge on any atom is -0.481 e. The van der Waals surface area contributed by atoms with Crippen LogP contribution in [0, 0.1) is 6.92 Å². The molecule has 0 saturated carbocycles. The zero-order chi connectivity index (χ0) is 25.5. The van der Waals surface area contributed by atoms with Crippen molar-refractivity contribution in [3.8, 4) is 22.9 Å². The number of hydrogen-bond donors (Lipinski definition) is 2. The van der Waals surface area contributed by atoms with Crippen LogP contribution in [0.4, 0.5) is 23.7 Å². The lowest BCUT2D eigenvalue weighted by Gasteiger charge is -2.18. The van der Waals surface area contributed by atoms with Crippen molar-refractivity contribution in [1.82, 2.24) is 14.8 Å². The number of carbonyl (C=O) groups is 1. The Kier molecular flexibility index (Phi) is 6.19. The Morgan fingerprint density at radius 2 is 2.11 bits per heavy atom. The Hall–Kier alpha value is -3.65. The summed E-state index contributed by atoms with van der Waals surface area (Å²) in [5, 5.41) is 12.2. The summed E-state index contributed by atoms with van der Waals surface area (Å²) in [6, 6.07) is 3.95. The fourth-order valence-corrected chi connectivity index (χ4v) is 4.68. The van der Waals surface area contributed by atoms with E-state index >= 15 is 0 Å². The van der Waals surface area contributed by atoms with E-state index in [2.05, 4.69) is 19.8 Å². The van der Waals surface area contributed by atoms with E-state index in [9.17, 15) is 22.2 Å². The molecule has 2 atom stereocenters. The van der Waals surface area contributed by atoms with Gasteiger partial charge in [-0.15, -0.1) is 4.36 Å². The number of pyridine rings is 1. The van der Waals surface area contributed by atoms with Crippen LogP contribution in [0.3, 0.4) is 0 Å². The van der Waals surface area contributed by atoms with Crippen molar-refractivity contribution < 1.29 is 31.6 Å². The number of nitrogens with one attached hydrogen (secondary N) is 1. The molecule has 4 rings (SSSR count). The number of fused-ring (bicyclic) bond motifs is 1. The summed E-state index contributed by atoms with van der Waals surface area (Å²) in [4.78, 5) is 16.7. The highest BCUT2D eigenvalue weighted by molar-refractivity contribution is 7.91. The third kappa shape index (κ3) is 4.79. The number of amides is 2. The standard InChI is InChI=1S/C21H21F3N6O4S/c1-11-10-30-19(34-11)16(9-27-30)35(25,32)29-20(31)28-18-12(2)15(21(22,23)24)5-4-14(18)13-6-7-26-17(8-13)33-3/h4-9,11H,10H2,1-3H3,(H3,25,28,29,31,32)/t11-,35?/m0/s1. The molecule has 3 aromatic rings. The van der Waals surface area contributed by atoms with Crippen molar-refractivity contribution in [2.75, 3.05) is 12.4 Å². The maximum atomic E-state index is 13.6. The average Bonchev–Trinajstić information content (AvgIpc) is 3.33. The summed E-state index contributed by atoms with van der Waals surface area (Å²) < 4.78 is 69.4. The summed E-state index contributed by atoms with van der Waals surface area (Å²) >= 11 is 0. The summed E-state index contributed by atoms with van der Waals surface area (Å²) in [5.41, 5.74) is -0.729. The predicted molar refractivity (Wildman–Crippen MR) is 120 cm³/mol. The van der Waals surface area contributed by atoms with E-state index in [1.54, 1.807) is 6.92 Å². The smallest absolute Gasteiger partial charge is 0.416 e. The van der Waals surface area contributed by atoms with Crippen LogP contribution >= 0.6 is 0 Å². The number of carbonyl (C=O) groups excluding carboxylic acids is 1. The number of nitrogens with zero attached hydrogens (tertiary/aromatic N) is 4. The van der Waals surface area contributed by atoms with Gasteiger partial charge < -0.3 is 14.8 Å². The van der Waals surface area contributed by atoms with Crippen LogP contribution in [0.1, 0.15) is 18.1 Å². The molecule has 2 amide bonds. The van der Waals surface area contributed by atoms with E-state index < -0.39 is 27.7 Å². The average molecular weight is 510 g/mol. The summed E-state index contributed by atoms with van der Waals surface area (Å²) in [7, 11) is -2.43. The Labute approximate surface area is 198 Å². The number of aromatic nitrogens is 3. The van der Waals surface area contributed by atoms with Crippen LogP contribution < -0.4 is 19.9 Å². The van der Waals surface area contributed by atoms with Crippen LogP contribution in [0.25, 0.3) is 11.1 Å². The van der Waals surface area contributed by atoms with E-state index in [1.165, 1.54) is 49.3 Å². The molecule has 1 aliphatic rings. The van der Waals surface area contributed by atoms with Crippen LogP contribution in [-0.2, 0) is 22.6 Å². The minimum atomic E-state index is -4.68. The first-order chi connectivity index (χ1) is 16.4. The highest BCUT2D eigenvalue weighted by Gasteiger charge is 2.34. The molecule has 0 bridgehead atoms. The van der Waals surface area contributed by atoms with Gasteiger partial charge in [-0.25, -0.2) is 23.8 Å². The molecule has 14 heteroatoms. The Bertz CT molecular complexity index is 1430. The molecular weight excluding hydrogens is 489 g/mol. The molecule has 3 heterocycles. The Morgan fingerprint density at radius 1 is 1.37 bits per heavy atom. The van der Waals surface area contributed by atoms with Gasteiger partial charge >= 0.3 is 12.2 Å². The molecule has 0 fully saturated rings. The molecule has 0 radical (unpaired) electrons. The lowest BCUT2D eigenvalue weighted by molar-refractivity contribution is -0.138. The topological polar surface area (TPSA) is 134 Å². The Balaban J connectivity index is 1.77. The molecule has 1 aliphatic heterocycles. The number of anilines is 1. The highest BCUT2D eigenvalue weighted by atomic mass is 32.2. The largest absolute Gasteiger partial charge is 0.481 e. The molecule has 3 N–H and O–H groups in total. The maximum Gasteiger partial charge on any atom is 0.416 e. The van der Waals surface area contributed by atoms with Gasteiger partial charge in [0.15, 0.2) is 9.92 Å². The third-order valence-electron chi connectivity index (χ3n) is 5.29. The number of methoxy groups -OCH3 is 1.